The quantitative estimate of drug-likeness (QED) is 0.334. The lowest BCUT2D eigenvalue weighted by Gasteiger charge is -2.37. The van der Waals surface area contributed by atoms with E-state index in [2.05, 4.69) is 30.2 Å². The monoisotopic (exact) mass is 532 g/mol. The van der Waals surface area contributed by atoms with Crippen LogP contribution < -0.4 is 10.2 Å². The molecule has 0 saturated carbocycles. The van der Waals surface area contributed by atoms with Gasteiger partial charge in [-0.15, -0.1) is 24.0 Å². The van der Waals surface area contributed by atoms with Crippen molar-refractivity contribution in [3.05, 3.63) is 41.8 Å². The number of benzene rings is 1. The molecule has 30 heavy (non-hydrogen) atoms. The number of halogens is 2. The Morgan fingerprint density at radius 3 is 2.67 bits per heavy atom. The molecule has 0 spiro atoms. The molecule has 1 fully saturated rings. The standard InChI is InChI=1S/C20H29FN6O2.HI/c1-4-22-20(23-14-18-24-19(25-29-18)15(3)28-5-2)27-12-10-26(11-13-27)17-9-7-6-8-16(17)21;/h6-9,15H,4-5,10-14H2,1-3H3,(H,22,23);1H. The minimum absolute atomic E-state index is 0. The van der Waals surface area contributed by atoms with E-state index in [-0.39, 0.29) is 35.9 Å². The van der Waals surface area contributed by atoms with E-state index in [1.165, 1.54) is 6.07 Å². The predicted octanol–water partition coefficient (Wildman–Crippen LogP) is 3.21. The van der Waals surface area contributed by atoms with Crippen LogP contribution >= 0.6 is 24.0 Å². The van der Waals surface area contributed by atoms with Crippen LogP contribution in [0.15, 0.2) is 33.8 Å². The molecule has 3 rings (SSSR count). The molecule has 8 nitrogen and oxygen atoms in total. The average Bonchev–Trinajstić information content (AvgIpc) is 3.21. The number of nitrogens with zero attached hydrogens (tertiary/aromatic N) is 5. The van der Waals surface area contributed by atoms with Gasteiger partial charge in [0, 0.05) is 39.3 Å². The van der Waals surface area contributed by atoms with E-state index < -0.39 is 0 Å². The minimum atomic E-state index is -0.207. The van der Waals surface area contributed by atoms with Gasteiger partial charge in [-0.3, -0.25) is 0 Å². The molecule has 1 aliphatic rings. The largest absolute Gasteiger partial charge is 0.371 e. The van der Waals surface area contributed by atoms with Gasteiger partial charge in [-0.25, -0.2) is 9.38 Å². The number of aliphatic imine (C=N–C) groups is 1. The molecule has 1 N–H and O–H groups in total. The molecule has 166 valence electrons. The lowest BCUT2D eigenvalue weighted by Crippen LogP contribution is -2.52. The molecule has 10 heteroatoms. The first-order chi connectivity index (χ1) is 14.1. The molecular formula is C20H30FIN6O2. The number of nitrogens with one attached hydrogen (secondary N) is 1. The van der Waals surface area contributed by atoms with Crippen LogP contribution in [0, 0.1) is 5.82 Å². The van der Waals surface area contributed by atoms with Crippen LogP contribution in [0.4, 0.5) is 10.1 Å². The van der Waals surface area contributed by atoms with E-state index in [1.54, 1.807) is 6.07 Å². The van der Waals surface area contributed by atoms with E-state index in [1.807, 2.05) is 32.9 Å². The number of hydrogen-bond donors (Lipinski definition) is 1. The Kier molecular flexibility index (Phi) is 9.76. The van der Waals surface area contributed by atoms with Gasteiger partial charge in [-0.05, 0) is 32.9 Å². The summed E-state index contributed by atoms with van der Waals surface area (Å²) in [5.41, 5.74) is 0.649. The maximum absolute atomic E-state index is 14.0. The first-order valence-electron chi connectivity index (χ1n) is 10.1. The second-order valence-electron chi connectivity index (χ2n) is 6.74. The number of piperazine rings is 1. The maximum Gasteiger partial charge on any atom is 0.248 e. The number of ether oxygens (including phenoxy) is 1. The predicted molar refractivity (Wildman–Crippen MR) is 125 cm³/mol. The third kappa shape index (κ3) is 6.27. The molecule has 1 saturated heterocycles. The number of para-hydroxylation sites is 1. The fourth-order valence-corrected chi connectivity index (χ4v) is 3.26. The molecule has 0 bridgehead atoms. The Morgan fingerprint density at radius 1 is 1.27 bits per heavy atom. The van der Waals surface area contributed by atoms with E-state index in [0.29, 0.717) is 30.6 Å². The highest BCUT2D eigenvalue weighted by molar-refractivity contribution is 14.0. The Bertz CT molecular complexity index is 810. The second kappa shape index (κ2) is 12.0. The summed E-state index contributed by atoms with van der Waals surface area (Å²) in [5.74, 6) is 1.58. The molecule has 1 atom stereocenters. The smallest absolute Gasteiger partial charge is 0.248 e. The van der Waals surface area contributed by atoms with Gasteiger partial charge >= 0.3 is 0 Å². The number of aromatic nitrogens is 2. The fourth-order valence-electron chi connectivity index (χ4n) is 3.26. The molecule has 2 aromatic rings. The van der Waals surface area contributed by atoms with Crippen LogP contribution in [0.1, 0.15) is 38.6 Å². The molecule has 1 aliphatic heterocycles. The van der Waals surface area contributed by atoms with Gasteiger partial charge in [0.15, 0.2) is 11.8 Å². The van der Waals surface area contributed by atoms with E-state index in [9.17, 15) is 4.39 Å². The van der Waals surface area contributed by atoms with Crippen LogP contribution in [0.2, 0.25) is 0 Å². The van der Waals surface area contributed by atoms with Crippen LogP contribution in [0.3, 0.4) is 0 Å². The zero-order chi connectivity index (χ0) is 20.6. The maximum atomic E-state index is 14.0. The van der Waals surface area contributed by atoms with Crippen molar-refractivity contribution >= 4 is 35.6 Å². The van der Waals surface area contributed by atoms with Gasteiger partial charge in [0.2, 0.25) is 5.89 Å². The average molecular weight is 532 g/mol. The summed E-state index contributed by atoms with van der Waals surface area (Å²) in [6.45, 7) is 10.4. The highest BCUT2D eigenvalue weighted by Gasteiger charge is 2.22. The Morgan fingerprint density at radius 2 is 2.00 bits per heavy atom. The summed E-state index contributed by atoms with van der Waals surface area (Å²) in [6, 6.07) is 6.89. The molecule has 1 unspecified atom stereocenters. The molecule has 1 aromatic heterocycles. The van der Waals surface area contributed by atoms with E-state index in [0.717, 1.165) is 38.7 Å². The van der Waals surface area contributed by atoms with Crippen LogP contribution in [-0.2, 0) is 11.3 Å². The van der Waals surface area contributed by atoms with Gasteiger partial charge in [0.25, 0.3) is 0 Å². The summed E-state index contributed by atoms with van der Waals surface area (Å²) in [6.07, 6.45) is -0.207. The van der Waals surface area contributed by atoms with Crippen molar-refractivity contribution in [1.29, 1.82) is 0 Å². The first kappa shape index (κ1) is 24.3. The summed E-state index contributed by atoms with van der Waals surface area (Å²) in [4.78, 5) is 13.2. The number of rotatable bonds is 7. The fraction of sp³-hybridized carbons (Fsp3) is 0.550. The summed E-state index contributed by atoms with van der Waals surface area (Å²) < 4.78 is 24.8. The molecule has 0 radical (unpaired) electrons. The van der Waals surface area contributed by atoms with Crippen molar-refractivity contribution < 1.29 is 13.7 Å². The molecule has 2 heterocycles. The zero-order valence-electron chi connectivity index (χ0n) is 17.7. The molecule has 1 aromatic carbocycles. The zero-order valence-corrected chi connectivity index (χ0v) is 20.0. The minimum Gasteiger partial charge on any atom is -0.371 e. The second-order valence-corrected chi connectivity index (χ2v) is 6.74. The van der Waals surface area contributed by atoms with E-state index in [4.69, 9.17) is 9.26 Å². The van der Waals surface area contributed by atoms with Crippen LogP contribution in [0.25, 0.3) is 0 Å². The van der Waals surface area contributed by atoms with Crippen molar-refractivity contribution in [2.24, 2.45) is 4.99 Å². The Hall–Kier alpha value is -1.95. The highest BCUT2D eigenvalue weighted by Crippen LogP contribution is 2.20. The lowest BCUT2D eigenvalue weighted by atomic mass is 10.2. The molecule has 0 amide bonds. The molecular weight excluding hydrogens is 502 g/mol. The third-order valence-electron chi connectivity index (χ3n) is 4.74. The van der Waals surface area contributed by atoms with Crippen molar-refractivity contribution in [3.8, 4) is 0 Å². The number of guanidine groups is 1. The van der Waals surface area contributed by atoms with Gasteiger partial charge in [0.1, 0.15) is 18.5 Å². The Balaban J connectivity index is 0.00000320. The SMILES string of the molecule is CCNC(=NCc1nc(C(C)OCC)no1)N1CCN(c2ccccc2F)CC1.I. The topological polar surface area (TPSA) is 79.0 Å². The molecule has 0 aliphatic carbocycles. The van der Waals surface area contributed by atoms with Crippen LogP contribution in [0.5, 0.6) is 0 Å². The third-order valence-corrected chi connectivity index (χ3v) is 4.74. The van der Waals surface area contributed by atoms with Gasteiger partial charge in [-0.2, -0.15) is 4.98 Å². The lowest BCUT2D eigenvalue weighted by molar-refractivity contribution is 0.0683. The number of hydrogen-bond acceptors (Lipinski definition) is 6. The summed E-state index contributed by atoms with van der Waals surface area (Å²) in [5, 5.41) is 7.27. The van der Waals surface area contributed by atoms with Crippen LogP contribution in [-0.4, -0.2) is 60.3 Å². The summed E-state index contributed by atoms with van der Waals surface area (Å²) >= 11 is 0. The van der Waals surface area contributed by atoms with Crippen molar-refractivity contribution in [3.63, 3.8) is 0 Å². The number of anilines is 1. The normalized spacial score (nSPS) is 15.7. The summed E-state index contributed by atoms with van der Waals surface area (Å²) in [7, 11) is 0. The van der Waals surface area contributed by atoms with Gasteiger partial charge in [-0.1, -0.05) is 17.3 Å². The van der Waals surface area contributed by atoms with Crippen molar-refractivity contribution in [2.75, 3.05) is 44.2 Å². The van der Waals surface area contributed by atoms with Crippen molar-refractivity contribution in [1.82, 2.24) is 20.4 Å². The first-order valence-corrected chi connectivity index (χ1v) is 10.1. The highest BCUT2D eigenvalue weighted by atomic mass is 127. The van der Waals surface area contributed by atoms with E-state index >= 15 is 0 Å². The Labute approximate surface area is 193 Å². The van der Waals surface area contributed by atoms with Crippen molar-refractivity contribution in [2.45, 2.75) is 33.4 Å². The van der Waals surface area contributed by atoms with Gasteiger partial charge < -0.3 is 24.4 Å². The van der Waals surface area contributed by atoms with Gasteiger partial charge in [0.05, 0.1) is 5.69 Å².